The number of likely N-dealkylation sites (tertiary alicyclic amines) is 1. The van der Waals surface area contributed by atoms with Crippen LogP contribution in [0.2, 0.25) is 0 Å². The molecule has 1 aromatic carbocycles. The van der Waals surface area contributed by atoms with Crippen molar-refractivity contribution in [2.75, 3.05) is 18.4 Å². The molecule has 1 saturated heterocycles. The lowest BCUT2D eigenvalue weighted by Gasteiger charge is -2.31. The molecule has 8 heteroatoms. The highest BCUT2D eigenvalue weighted by Gasteiger charge is 2.32. The van der Waals surface area contributed by atoms with Crippen LogP contribution in [0.5, 0.6) is 0 Å². The molecule has 2 heterocycles. The third kappa shape index (κ3) is 5.14. The largest absolute Gasteiger partial charge is 0.459 e. The van der Waals surface area contributed by atoms with Crippen LogP contribution in [0, 0.1) is 5.92 Å². The smallest absolute Gasteiger partial charge is 0.311 e. The van der Waals surface area contributed by atoms with E-state index in [4.69, 9.17) is 9.15 Å². The summed E-state index contributed by atoms with van der Waals surface area (Å²) in [6.45, 7) is 3.67. The number of nitrogens with one attached hydrogen (secondary N) is 1. The number of rotatable bonds is 6. The Labute approximate surface area is 174 Å². The molecular weight excluding hydrogens is 388 g/mol. The van der Waals surface area contributed by atoms with Gasteiger partial charge >= 0.3 is 5.97 Å². The third-order valence-corrected chi connectivity index (χ3v) is 4.97. The van der Waals surface area contributed by atoms with Crippen molar-refractivity contribution in [1.29, 1.82) is 0 Å². The molecule has 1 aliphatic heterocycles. The number of ether oxygens (including phenoxy) is 1. The number of carbonyl (C=O) groups is 4. The van der Waals surface area contributed by atoms with Crippen molar-refractivity contribution in [3.63, 3.8) is 0 Å². The summed E-state index contributed by atoms with van der Waals surface area (Å²) in [4.78, 5) is 50.4. The summed E-state index contributed by atoms with van der Waals surface area (Å²) in [6, 6.07) is 9.75. The van der Waals surface area contributed by atoms with Gasteiger partial charge in [-0.15, -0.1) is 0 Å². The number of carbonyl (C=O) groups excluding carboxylic acids is 4. The Morgan fingerprint density at radius 1 is 1.20 bits per heavy atom. The number of amides is 2. The summed E-state index contributed by atoms with van der Waals surface area (Å²) >= 11 is 0. The second kappa shape index (κ2) is 9.39. The Morgan fingerprint density at radius 3 is 2.70 bits per heavy atom. The number of hydrogen-bond acceptors (Lipinski definition) is 6. The molecule has 0 unspecified atom stereocenters. The fourth-order valence-electron chi connectivity index (χ4n) is 3.29. The van der Waals surface area contributed by atoms with Gasteiger partial charge < -0.3 is 19.4 Å². The molecule has 0 saturated carbocycles. The summed E-state index contributed by atoms with van der Waals surface area (Å²) in [5, 5.41) is 2.65. The van der Waals surface area contributed by atoms with Gasteiger partial charge in [-0.05, 0) is 51.0 Å². The van der Waals surface area contributed by atoms with Crippen molar-refractivity contribution in [1.82, 2.24) is 4.90 Å². The lowest BCUT2D eigenvalue weighted by Crippen LogP contribution is -2.44. The Morgan fingerprint density at radius 2 is 2.00 bits per heavy atom. The molecule has 8 nitrogen and oxygen atoms in total. The van der Waals surface area contributed by atoms with E-state index in [0.717, 1.165) is 0 Å². The highest BCUT2D eigenvalue weighted by molar-refractivity contribution is 5.98. The van der Waals surface area contributed by atoms with Crippen LogP contribution in [0.15, 0.2) is 47.1 Å². The van der Waals surface area contributed by atoms with Gasteiger partial charge in [-0.25, -0.2) is 0 Å². The summed E-state index contributed by atoms with van der Waals surface area (Å²) in [5.41, 5.74) is 0.921. The minimum absolute atomic E-state index is 0.114. The predicted molar refractivity (Wildman–Crippen MR) is 108 cm³/mol. The highest BCUT2D eigenvalue weighted by Crippen LogP contribution is 2.21. The van der Waals surface area contributed by atoms with Crippen molar-refractivity contribution < 1.29 is 28.3 Å². The number of hydrogen-bond donors (Lipinski definition) is 1. The Hall–Kier alpha value is -3.42. The molecule has 2 atom stereocenters. The maximum Gasteiger partial charge on any atom is 0.311 e. The molecule has 0 radical (unpaired) electrons. The number of nitrogens with zero attached hydrogens (tertiary/aromatic N) is 1. The summed E-state index contributed by atoms with van der Waals surface area (Å²) < 4.78 is 10.5. The number of piperidine rings is 1. The van der Waals surface area contributed by atoms with Crippen LogP contribution in [0.25, 0.3) is 0 Å². The second-order valence-electron chi connectivity index (χ2n) is 7.27. The van der Waals surface area contributed by atoms with Gasteiger partial charge in [0.25, 0.3) is 11.8 Å². The van der Waals surface area contributed by atoms with Crippen molar-refractivity contribution in [2.45, 2.75) is 32.8 Å². The van der Waals surface area contributed by atoms with E-state index in [9.17, 15) is 19.2 Å². The number of anilines is 1. The van der Waals surface area contributed by atoms with Gasteiger partial charge in [0.15, 0.2) is 17.6 Å². The van der Waals surface area contributed by atoms with Gasteiger partial charge in [0.1, 0.15) is 0 Å². The van der Waals surface area contributed by atoms with E-state index in [1.807, 2.05) is 0 Å². The number of esters is 1. The zero-order chi connectivity index (χ0) is 21.7. The zero-order valence-corrected chi connectivity index (χ0v) is 16.9. The van der Waals surface area contributed by atoms with Gasteiger partial charge in [0.2, 0.25) is 0 Å². The first-order valence-corrected chi connectivity index (χ1v) is 9.80. The summed E-state index contributed by atoms with van der Waals surface area (Å²) in [6.07, 6.45) is 1.64. The second-order valence-corrected chi connectivity index (χ2v) is 7.27. The van der Waals surface area contributed by atoms with Gasteiger partial charge in [0.05, 0.1) is 12.2 Å². The molecule has 1 N–H and O–H groups in total. The van der Waals surface area contributed by atoms with Crippen LogP contribution < -0.4 is 5.32 Å². The van der Waals surface area contributed by atoms with Crippen molar-refractivity contribution in [3.8, 4) is 0 Å². The molecule has 158 valence electrons. The first kappa shape index (κ1) is 21.3. The lowest BCUT2D eigenvalue weighted by molar-refractivity contribution is -0.158. The number of furan rings is 1. The van der Waals surface area contributed by atoms with Gasteiger partial charge in [-0.1, -0.05) is 12.1 Å². The quantitative estimate of drug-likeness (QED) is 0.578. The molecular formula is C22H24N2O6. The van der Waals surface area contributed by atoms with E-state index >= 15 is 0 Å². The predicted octanol–water partition coefficient (Wildman–Crippen LogP) is 2.90. The molecule has 2 aromatic rings. The molecule has 0 spiro atoms. The van der Waals surface area contributed by atoms with Gasteiger partial charge in [0, 0.05) is 24.3 Å². The van der Waals surface area contributed by atoms with Crippen LogP contribution >= 0.6 is 0 Å². The van der Waals surface area contributed by atoms with E-state index in [0.29, 0.717) is 30.6 Å². The first-order chi connectivity index (χ1) is 14.3. The maximum absolute atomic E-state index is 12.6. The molecule has 1 fully saturated rings. The zero-order valence-electron chi connectivity index (χ0n) is 16.9. The average molecular weight is 412 g/mol. The Bertz CT molecular complexity index is 937. The number of Topliss-reactive ketones (excluding diaryl/α,β-unsaturated/α-hetero) is 1. The van der Waals surface area contributed by atoms with E-state index in [1.165, 1.54) is 20.1 Å². The maximum atomic E-state index is 12.6. The fourth-order valence-corrected chi connectivity index (χ4v) is 3.29. The van der Waals surface area contributed by atoms with Crippen LogP contribution in [-0.4, -0.2) is 47.7 Å². The lowest BCUT2D eigenvalue weighted by atomic mass is 9.98. The van der Waals surface area contributed by atoms with Crippen molar-refractivity contribution in [2.24, 2.45) is 5.92 Å². The standard InChI is InChI=1S/C22H24N2O6/c1-14(25)16-6-3-8-18(12-16)23-20(26)15(2)30-22(28)17-7-4-10-24(13-17)21(27)19-9-5-11-29-19/h3,5-6,8-9,11-12,15,17H,4,7,10,13H2,1-2H3,(H,23,26)/t15-,17+/m0/s1. The Balaban J connectivity index is 1.55. The van der Waals surface area contributed by atoms with Crippen molar-refractivity contribution in [3.05, 3.63) is 54.0 Å². The van der Waals surface area contributed by atoms with E-state index in [1.54, 1.807) is 41.3 Å². The topological polar surface area (TPSA) is 106 Å². The number of benzene rings is 1. The van der Waals surface area contributed by atoms with Gasteiger partial charge in [-0.3, -0.25) is 19.2 Å². The number of ketones is 1. The normalized spacial score (nSPS) is 17.1. The Kier molecular flexibility index (Phi) is 6.66. The van der Waals surface area contributed by atoms with Crippen LogP contribution in [0.4, 0.5) is 5.69 Å². The van der Waals surface area contributed by atoms with E-state index < -0.39 is 23.9 Å². The van der Waals surface area contributed by atoms with Gasteiger partial charge in [-0.2, -0.15) is 0 Å². The third-order valence-electron chi connectivity index (χ3n) is 4.97. The summed E-state index contributed by atoms with van der Waals surface area (Å²) in [5.74, 6) is -1.68. The molecule has 3 rings (SSSR count). The van der Waals surface area contributed by atoms with Crippen LogP contribution in [0.3, 0.4) is 0 Å². The minimum atomic E-state index is -1.02. The molecule has 0 aliphatic carbocycles. The van der Waals surface area contributed by atoms with Crippen LogP contribution in [0.1, 0.15) is 47.6 Å². The SMILES string of the molecule is CC(=O)c1cccc(NC(=O)[C@H](C)OC(=O)[C@@H]2CCCN(C(=O)c3ccco3)C2)c1. The van der Waals surface area contributed by atoms with Crippen LogP contribution in [-0.2, 0) is 14.3 Å². The summed E-state index contributed by atoms with van der Waals surface area (Å²) in [7, 11) is 0. The fraction of sp³-hybridized carbons (Fsp3) is 0.364. The molecule has 2 amide bonds. The first-order valence-electron chi connectivity index (χ1n) is 9.80. The highest BCUT2D eigenvalue weighted by atomic mass is 16.5. The minimum Gasteiger partial charge on any atom is -0.459 e. The molecule has 0 bridgehead atoms. The molecule has 1 aromatic heterocycles. The molecule has 30 heavy (non-hydrogen) atoms. The van der Waals surface area contributed by atoms with E-state index in [2.05, 4.69) is 5.32 Å². The van der Waals surface area contributed by atoms with Crippen molar-refractivity contribution >= 4 is 29.3 Å². The molecule has 1 aliphatic rings. The average Bonchev–Trinajstić information content (AvgIpc) is 3.28. The monoisotopic (exact) mass is 412 g/mol. The van der Waals surface area contributed by atoms with E-state index in [-0.39, 0.29) is 24.0 Å².